The van der Waals surface area contributed by atoms with Crippen molar-refractivity contribution in [2.45, 2.75) is 38.3 Å². The number of aromatic amines is 1. The molecule has 2 aliphatic rings. The second-order valence-electron chi connectivity index (χ2n) is 6.06. The van der Waals surface area contributed by atoms with Gasteiger partial charge in [0.05, 0.1) is 6.33 Å². The molecule has 2 aromatic heterocycles. The Morgan fingerprint density at radius 3 is 3.10 bits per heavy atom. The topological polar surface area (TPSA) is 60.9 Å². The van der Waals surface area contributed by atoms with E-state index in [1.54, 1.807) is 6.33 Å². The van der Waals surface area contributed by atoms with Gasteiger partial charge in [0.25, 0.3) is 0 Å². The van der Waals surface area contributed by atoms with Gasteiger partial charge in [-0.15, -0.1) is 0 Å². The predicted molar refractivity (Wildman–Crippen MR) is 82.7 cm³/mol. The van der Waals surface area contributed by atoms with Gasteiger partial charge in [-0.05, 0) is 37.9 Å². The minimum absolute atomic E-state index is 0.267. The highest BCUT2D eigenvalue weighted by molar-refractivity contribution is 6.28. The number of hydrogen-bond acceptors (Lipinski definition) is 5. The molecular formula is C14H19ClN6. The Hall–Kier alpha value is -1.40. The van der Waals surface area contributed by atoms with E-state index in [4.69, 9.17) is 11.6 Å². The molecule has 2 aliphatic heterocycles. The molecule has 0 aromatic carbocycles. The van der Waals surface area contributed by atoms with Crippen LogP contribution in [0.25, 0.3) is 11.2 Å². The van der Waals surface area contributed by atoms with E-state index in [9.17, 15) is 0 Å². The molecule has 6 nitrogen and oxygen atoms in total. The number of nitrogens with one attached hydrogen (secondary N) is 1. The van der Waals surface area contributed by atoms with E-state index < -0.39 is 0 Å². The third-order valence-electron chi connectivity index (χ3n) is 4.70. The van der Waals surface area contributed by atoms with Crippen LogP contribution < -0.4 is 4.90 Å². The molecule has 0 bridgehead atoms. The number of nitrogens with zero attached hydrogens (tertiary/aromatic N) is 5. The Labute approximate surface area is 128 Å². The third-order valence-corrected chi connectivity index (χ3v) is 4.87. The molecule has 7 heteroatoms. The molecule has 2 fully saturated rings. The fourth-order valence-corrected chi connectivity index (χ4v) is 3.81. The fraction of sp³-hybridized carbons (Fsp3) is 0.643. The minimum atomic E-state index is 0.267. The monoisotopic (exact) mass is 306 g/mol. The van der Waals surface area contributed by atoms with Crippen molar-refractivity contribution in [2.24, 2.45) is 0 Å². The lowest BCUT2D eigenvalue weighted by Gasteiger charge is -2.48. The van der Waals surface area contributed by atoms with Gasteiger partial charge >= 0.3 is 0 Å². The number of piperazine rings is 1. The number of fused-ring (bicyclic) bond motifs is 2. The summed E-state index contributed by atoms with van der Waals surface area (Å²) in [6, 6.07) is 1.04. The number of rotatable bonds is 1. The molecule has 112 valence electrons. The van der Waals surface area contributed by atoms with Gasteiger partial charge in [-0.25, -0.2) is 4.98 Å². The van der Waals surface area contributed by atoms with Gasteiger partial charge < -0.3 is 9.88 Å². The van der Waals surface area contributed by atoms with Crippen LogP contribution in [-0.4, -0.2) is 56.6 Å². The van der Waals surface area contributed by atoms with Gasteiger partial charge in [0.2, 0.25) is 5.28 Å². The van der Waals surface area contributed by atoms with Crippen molar-refractivity contribution in [1.29, 1.82) is 0 Å². The van der Waals surface area contributed by atoms with Crippen LogP contribution >= 0.6 is 11.6 Å². The predicted octanol–water partition coefficient (Wildman–Crippen LogP) is 2.07. The van der Waals surface area contributed by atoms with Gasteiger partial charge in [0.1, 0.15) is 5.52 Å². The quantitative estimate of drug-likeness (QED) is 0.817. The summed E-state index contributed by atoms with van der Waals surface area (Å²) in [6.45, 7) is 5.57. The average molecular weight is 307 g/mol. The van der Waals surface area contributed by atoms with E-state index in [1.165, 1.54) is 25.8 Å². The highest BCUT2D eigenvalue weighted by atomic mass is 35.5. The van der Waals surface area contributed by atoms with E-state index in [2.05, 4.69) is 36.7 Å². The Morgan fingerprint density at radius 2 is 2.19 bits per heavy atom. The molecule has 0 saturated carbocycles. The lowest BCUT2D eigenvalue weighted by molar-refractivity contribution is 0.115. The molecule has 0 spiro atoms. The molecule has 21 heavy (non-hydrogen) atoms. The minimum Gasteiger partial charge on any atom is -0.349 e. The molecule has 2 unspecified atom stereocenters. The van der Waals surface area contributed by atoms with E-state index in [0.717, 1.165) is 24.4 Å². The van der Waals surface area contributed by atoms with E-state index in [1.807, 2.05) is 0 Å². The summed E-state index contributed by atoms with van der Waals surface area (Å²) in [5.74, 6) is 0.889. The summed E-state index contributed by atoms with van der Waals surface area (Å²) < 4.78 is 0. The van der Waals surface area contributed by atoms with Gasteiger partial charge in [-0.2, -0.15) is 9.97 Å². The molecule has 0 amide bonds. The Balaban J connectivity index is 1.72. The standard InChI is InChI=1S/C14H19ClN6/c1-9-6-20-5-3-2-4-10(20)7-21(9)13-11-12(17-8-16-11)18-14(15)19-13/h8-10H,2-7H2,1H3,(H,16,17,18,19). The molecule has 4 rings (SSSR count). The fourth-order valence-electron chi connectivity index (χ4n) is 3.65. The van der Waals surface area contributed by atoms with Crippen LogP contribution in [0.1, 0.15) is 26.2 Å². The highest BCUT2D eigenvalue weighted by Gasteiger charge is 2.34. The van der Waals surface area contributed by atoms with Crippen LogP contribution in [-0.2, 0) is 0 Å². The zero-order valence-electron chi connectivity index (χ0n) is 12.1. The van der Waals surface area contributed by atoms with Crippen LogP contribution in [0, 0.1) is 0 Å². The van der Waals surface area contributed by atoms with Crippen molar-refractivity contribution in [2.75, 3.05) is 24.5 Å². The molecule has 0 aliphatic carbocycles. The summed E-state index contributed by atoms with van der Waals surface area (Å²) >= 11 is 6.07. The lowest BCUT2D eigenvalue weighted by Crippen LogP contribution is -2.59. The van der Waals surface area contributed by atoms with E-state index >= 15 is 0 Å². The van der Waals surface area contributed by atoms with E-state index in [0.29, 0.717) is 17.7 Å². The first-order valence-corrected chi connectivity index (χ1v) is 7.97. The normalized spacial score (nSPS) is 27.0. The largest absolute Gasteiger partial charge is 0.349 e. The van der Waals surface area contributed by atoms with Crippen LogP contribution in [0.2, 0.25) is 5.28 Å². The van der Waals surface area contributed by atoms with E-state index in [-0.39, 0.29) is 5.28 Å². The number of hydrogen-bond donors (Lipinski definition) is 1. The maximum Gasteiger partial charge on any atom is 0.226 e. The second kappa shape index (κ2) is 5.10. The zero-order valence-corrected chi connectivity index (χ0v) is 12.8. The molecule has 4 heterocycles. The number of halogens is 1. The number of imidazole rings is 1. The smallest absolute Gasteiger partial charge is 0.226 e. The average Bonchev–Trinajstić information content (AvgIpc) is 2.94. The lowest BCUT2D eigenvalue weighted by atomic mass is 9.97. The summed E-state index contributed by atoms with van der Waals surface area (Å²) in [7, 11) is 0. The van der Waals surface area contributed by atoms with Crippen molar-refractivity contribution < 1.29 is 0 Å². The Bertz CT molecular complexity index is 656. The first-order valence-electron chi connectivity index (χ1n) is 7.59. The van der Waals surface area contributed by atoms with Crippen LogP contribution in [0.15, 0.2) is 6.33 Å². The van der Waals surface area contributed by atoms with Crippen LogP contribution in [0.3, 0.4) is 0 Å². The first-order chi connectivity index (χ1) is 10.2. The maximum absolute atomic E-state index is 6.07. The zero-order chi connectivity index (χ0) is 14.4. The highest BCUT2D eigenvalue weighted by Crippen LogP contribution is 2.30. The number of piperidine rings is 1. The summed E-state index contributed by atoms with van der Waals surface area (Å²) in [4.78, 5) is 21.0. The molecule has 2 atom stereocenters. The number of anilines is 1. The molecule has 0 radical (unpaired) electrons. The van der Waals surface area contributed by atoms with Crippen molar-refractivity contribution in [3.05, 3.63) is 11.6 Å². The molecule has 2 saturated heterocycles. The second-order valence-corrected chi connectivity index (χ2v) is 6.40. The molecule has 1 N–H and O–H groups in total. The summed E-state index contributed by atoms with van der Waals surface area (Å²) in [5, 5.41) is 0.267. The van der Waals surface area contributed by atoms with Crippen LogP contribution in [0.4, 0.5) is 5.82 Å². The third kappa shape index (κ3) is 2.26. The van der Waals surface area contributed by atoms with Crippen molar-refractivity contribution in [1.82, 2.24) is 24.8 Å². The summed E-state index contributed by atoms with van der Waals surface area (Å²) in [6.07, 6.45) is 5.58. The van der Waals surface area contributed by atoms with Gasteiger partial charge in [-0.1, -0.05) is 6.42 Å². The number of H-pyrrole nitrogens is 1. The molecular weight excluding hydrogens is 288 g/mol. The number of aromatic nitrogens is 4. The summed E-state index contributed by atoms with van der Waals surface area (Å²) in [5.41, 5.74) is 1.53. The first kappa shape index (κ1) is 13.3. The SMILES string of the molecule is CC1CN2CCCCC2CN1c1nc(Cl)nc2nc[nH]c12. The van der Waals surface area contributed by atoms with Gasteiger partial charge in [0, 0.05) is 25.2 Å². The van der Waals surface area contributed by atoms with Crippen molar-refractivity contribution in [3.8, 4) is 0 Å². The van der Waals surface area contributed by atoms with Gasteiger partial charge in [0.15, 0.2) is 11.5 Å². The Kier molecular flexibility index (Phi) is 3.23. The molecule has 2 aromatic rings. The maximum atomic E-state index is 6.07. The van der Waals surface area contributed by atoms with Crippen LogP contribution in [0.5, 0.6) is 0 Å². The van der Waals surface area contributed by atoms with Gasteiger partial charge in [-0.3, -0.25) is 4.90 Å². The Morgan fingerprint density at radius 1 is 1.29 bits per heavy atom. The van der Waals surface area contributed by atoms with Crippen molar-refractivity contribution in [3.63, 3.8) is 0 Å². The van der Waals surface area contributed by atoms with Crippen molar-refractivity contribution >= 4 is 28.6 Å².